The van der Waals surface area contributed by atoms with Gasteiger partial charge in [0.05, 0.1) is 8.07 Å². The molecule has 1 atom stereocenters. The van der Waals surface area contributed by atoms with Gasteiger partial charge in [-0.15, -0.1) is 0 Å². The molecule has 2 aliphatic carbocycles. The summed E-state index contributed by atoms with van der Waals surface area (Å²) < 4.78 is 0. The van der Waals surface area contributed by atoms with Crippen LogP contribution in [0.5, 0.6) is 0 Å². The van der Waals surface area contributed by atoms with E-state index in [1.54, 1.807) is 11.1 Å². The average molecular weight is 234 g/mol. The van der Waals surface area contributed by atoms with Crippen molar-refractivity contribution in [2.75, 3.05) is 0 Å². The van der Waals surface area contributed by atoms with Gasteiger partial charge in [0.2, 0.25) is 0 Å². The SMILES string of the molecule is CC1=CCCC(C)C1=CC1([Si](C)(C)C)CC1. The quantitative estimate of drug-likeness (QED) is 0.579. The van der Waals surface area contributed by atoms with Gasteiger partial charge < -0.3 is 0 Å². The van der Waals surface area contributed by atoms with E-state index in [2.05, 4.69) is 45.6 Å². The van der Waals surface area contributed by atoms with Crippen LogP contribution in [0.2, 0.25) is 24.7 Å². The van der Waals surface area contributed by atoms with E-state index in [4.69, 9.17) is 0 Å². The van der Waals surface area contributed by atoms with Gasteiger partial charge in [-0.3, -0.25) is 0 Å². The Kier molecular flexibility index (Phi) is 2.94. The summed E-state index contributed by atoms with van der Waals surface area (Å²) in [5.74, 6) is 0.791. The van der Waals surface area contributed by atoms with Crippen molar-refractivity contribution in [1.29, 1.82) is 0 Å². The minimum absolute atomic E-state index is 0.642. The normalized spacial score (nSPS) is 31.4. The van der Waals surface area contributed by atoms with Crippen LogP contribution in [-0.4, -0.2) is 8.07 Å². The lowest BCUT2D eigenvalue weighted by Crippen LogP contribution is -2.29. The third kappa shape index (κ3) is 2.07. The number of rotatable bonds is 2. The first-order chi connectivity index (χ1) is 7.36. The molecule has 0 aromatic rings. The second-order valence-electron chi connectivity index (χ2n) is 6.87. The van der Waals surface area contributed by atoms with Crippen molar-refractivity contribution >= 4 is 8.07 Å². The molecule has 0 spiro atoms. The van der Waals surface area contributed by atoms with Crippen molar-refractivity contribution < 1.29 is 0 Å². The zero-order valence-electron chi connectivity index (χ0n) is 11.6. The van der Waals surface area contributed by atoms with Crippen molar-refractivity contribution in [3.8, 4) is 0 Å². The van der Waals surface area contributed by atoms with Crippen LogP contribution in [0.15, 0.2) is 23.3 Å². The predicted octanol–water partition coefficient (Wildman–Crippen LogP) is 5.16. The highest BCUT2D eigenvalue weighted by Gasteiger charge is 2.51. The lowest BCUT2D eigenvalue weighted by Gasteiger charge is -2.30. The Morgan fingerprint density at radius 2 is 1.94 bits per heavy atom. The van der Waals surface area contributed by atoms with Gasteiger partial charge >= 0.3 is 0 Å². The molecule has 0 nitrogen and oxygen atoms in total. The summed E-state index contributed by atoms with van der Waals surface area (Å²) in [5, 5.41) is 0.642. The van der Waals surface area contributed by atoms with Crippen molar-refractivity contribution in [2.45, 2.75) is 64.2 Å². The molecular weight excluding hydrogens is 208 g/mol. The summed E-state index contributed by atoms with van der Waals surface area (Å²) in [5.41, 5.74) is 3.23. The fraction of sp³-hybridized carbons (Fsp3) is 0.733. The Balaban J connectivity index is 2.30. The van der Waals surface area contributed by atoms with Gasteiger partial charge in [-0.2, -0.15) is 0 Å². The van der Waals surface area contributed by atoms with E-state index < -0.39 is 8.07 Å². The van der Waals surface area contributed by atoms with E-state index >= 15 is 0 Å². The van der Waals surface area contributed by atoms with Crippen LogP contribution in [0.3, 0.4) is 0 Å². The van der Waals surface area contributed by atoms with E-state index in [0.717, 1.165) is 5.92 Å². The van der Waals surface area contributed by atoms with Gasteiger partial charge in [0.1, 0.15) is 0 Å². The molecule has 0 bridgehead atoms. The molecule has 0 aromatic carbocycles. The van der Waals surface area contributed by atoms with Crippen molar-refractivity contribution in [1.82, 2.24) is 0 Å². The lowest BCUT2D eigenvalue weighted by molar-refractivity contribution is 0.601. The minimum Gasteiger partial charge on any atom is -0.0813 e. The number of hydrogen-bond donors (Lipinski definition) is 0. The first-order valence-electron chi connectivity index (χ1n) is 6.76. The molecule has 16 heavy (non-hydrogen) atoms. The first-order valence-corrected chi connectivity index (χ1v) is 10.3. The van der Waals surface area contributed by atoms with Crippen molar-refractivity contribution in [3.05, 3.63) is 23.3 Å². The highest BCUT2D eigenvalue weighted by atomic mass is 28.3. The zero-order valence-corrected chi connectivity index (χ0v) is 12.6. The Bertz CT molecular complexity index is 337. The van der Waals surface area contributed by atoms with Crippen LogP contribution >= 0.6 is 0 Å². The summed E-state index contributed by atoms with van der Waals surface area (Å²) >= 11 is 0. The molecule has 0 saturated heterocycles. The summed E-state index contributed by atoms with van der Waals surface area (Å²) in [6.07, 6.45) is 10.7. The van der Waals surface area contributed by atoms with Gasteiger partial charge in [-0.1, -0.05) is 44.3 Å². The second-order valence-corrected chi connectivity index (χ2v) is 12.4. The fourth-order valence-corrected chi connectivity index (χ4v) is 5.22. The molecule has 0 aromatic heterocycles. The Morgan fingerprint density at radius 1 is 1.31 bits per heavy atom. The predicted molar refractivity (Wildman–Crippen MR) is 75.5 cm³/mol. The molecule has 0 amide bonds. The zero-order chi connectivity index (χ0) is 12.0. The molecule has 2 rings (SSSR count). The third-order valence-electron chi connectivity index (χ3n) is 4.75. The van der Waals surface area contributed by atoms with Crippen LogP contribution in [0.4, 0.5) is 0 Å². The summed E-state index contributed by atoms with van der Waals surface area (Å²) in [4.78, 5) is 0. The maximum Gasteiger partial charge on any atom is 0.0549 e. The monoisotopic (exact) mass is 234 g/mol. The fourth-order valence-electron chi connectivity index (χ4n) is 3.01. The van der Waals surface area contributed by atoms with E-state index in [0.29, 0.717) is 5.04 Å². The Hall–Kier alpha value is -0.303. The largest absolute Gasteiger partial charge is 0.0813 e. The highest BCUT2D eigenvalue weighted by molar-refractivity contribution is 6.80. The summed E-state index contributed by atoms with van der Waals surface area (Å²) in [7, 11) is -1.02. The van der Waals surface area contributed by atoms with Gasteiger partial charge in [0.15, 0.2) is 0 Å². The number of hydrogen-bond acceptors (Lipinski definition) is 0. The van der Waals surface area contributed by atoms with Gasteiger partial charge in [0, 0.05) is 0 Å². The molecule has 2 aliphatic rings. The van der Waals surface area contributed by atoms with Crippen LogP contribution in [0.1, 0.15) is 39.5 Å². The van der Waals surface area contributed by atoms with Gasteiger partial charge in [-0.05, 0) is 49.1 Å². The van der Waals surface area contributed by atoms with E-state index in [1.807, 2.05) is 0 Å². The molecule has 1 saturated carbocycles. The number of allylic oxidation sites excluding steroid dienone is 4. The average Bonchev–Trinajstić information content (AvgIpc) is 2.91. The second kappa shape index (κ2) is 3.87. The highest BCUT2D eigenvalue weighted by Crippen LogP contribution is 2.63. The van der Waals surface area contributed by atoms with Crippen molar-refractivity contribution in [3.63, 3.8) is 0 Å². The molecule has 1 unspecified atom stereocenters. The summed E-state index contributed by atoms with van der Waals surface area (Å²) in [6, 6.07) is 0. The van der Waals surface area contributed by atoms with Crippen LogP contribution in [-0.2, 0) is 0 Å². The molecule has 0 N–H and O–H groups in total. The van der Waals surface area contributed by atoms with Crippen LogP contribution < -0.4 is 0 Å². The Morgan fingerprint density at radius 3 is 2.38 bits per heavy atom. The van der Waals surface area contributed by atoms with Crippen LogP contribution in [0, 0.1) is 5.92 Å². The Labute approximate surface area is 102 Å². The maximum absolute atomic E-state index is 2.69. The van der Waals surface area contributed by atoms with Gasteiger partial charge in [0.25, 0.3) is 0 Å². The smallest absolute Gasteiger partial charge is 0.0549 e. The maximum atomic E-state index is 2.69. The minimum atomic E-state index is -1.02. The molecule has 0 heterocycles. The first kappa shape index (κ1) is 12.2. The van der Waals surface area contributed by atoms with E-state index in [-0.39, 0.29) is 0 Å². The molecule has 0 aliphatic heterocycles. The van der Waals surface area contributed by atoms with E-state index in [1.165, 1.54) is 25.7 Å². The molecular formula is C15H26Si. The molecule has 0 radical (unpaired) electrons. The van der Waals surface area contributed by atoms with Crippen molar-refractivity contribution in [2.24, 2.45) is 5.92 Å². The lowest BCUT2D eigenvalue weighted by atomic mass is 9.85. The topological polar surface area (TPSA) is 0 Å². The van der Waals surface area contributed by atoms with Crippen LogP contribution in [0.25, 0.3) is 0 Å². The van der Waals surface area contributed by atoms with E-state index in [9.17, 15) is 0 Å². The third-order valence-corrected chi connectivity index (χ3v) is 8.38. The van der Waals surface area contributed by atoms with Gasteiger partial charge in [-0.25, -0.2) is 0 Å². The molecule has 1 fully saturated rings. The molecule has 1 heteroatoms. The summed E-state index contributed by atoms with van der Waals surface area (Å²) in [6.45, 7) is 12.3. The standard InChI is InChI=1S/C15H26Si/c1-12-7-6-8-13(2)14(12)11-15(9-10-15)16(3,4)5/h7,11,13H,6,8-10H2,1-5H3. The molecule has 90 valence electrons.